The van der Waals surface area contributed by atoms with Gasteiger partial charge >= 0.3 is 0 Å². The predicted octanol–water partition coefficient (Wildman–Crippen LogP) is 4.61. The molecule has 0 atom stereocenters. The van der Waals surface area contributed by atoms with Crippen LogP contribution in [0.5, 0.6) is 5.75 Å². The summed E-state index contributed by atoms with van der Waals surface area (Å²) < 4.78 is 72.1. The lowest BCUT2D eigenvalue weighted by Crippen LogP contribution is -2.07. The van der Waals surface area contributed by atoms with Gasteiger partial charge in [0, 0.05) is 5.56 Å². The van der Waals surface area contributed by atoms with Crippen molar-refractivity contribution in [2.45, 2.75) is 9.79 Å². The van der Waals surface area contributed by atoms with E-state index in [9.17, 15) is 21.6 Å². The highest BCUT2D eigenvalue weighted by Crippen LogP contribution is 2.33. The van der Waals surface area contributed by atoms with E-state index < -0.39 is 37.1 Å². The van der Waals surface area contributed by atoms with Crippen molar-refractivity contribution in [2.75, 3.05) is 7.11 Å². The van der Waals surface area contributed by atoms with E-state index in [1.807, 2.05) is 0 Å². The topological polar surface area (TPSA) is 43.4 Å². The Morgan fingerprint density at radius 1 is 0.808 bits per heavy atom. The lowest BCUT2D eigenvalue weighted by molar-refractivity contribution is 0.415. The van der Waals surface area contributed by atoms with Crippen LogP contribution in [0.15, 0.2) is 70.5 Å². The summed E-state index contributed by atoms with van der Waals surface area (Å²) in [5, 5.41) is 0. The van der Waals surface area contributed by atoms with E-state index in [1.165, 1.54) is 37.4 Å². The molecule has 7 heteroatoms. The van der Waals surface area contributed by atoms with Crippen molar-refractivity contribution in [2.24, 2.45) is 0 Å². The Hall–Kier alpha value is -2.80. The summed E-state index contributed by atoms with van der Waals surface area (Å²) in [6, 6.07) is 11.7. The molecule has 0 amide bonds. The normalized spacial score (nSPS) is 11.4. The molecule has 26 heavy (non-hydrogen) atoms. The molecule has 0 bridgehead atoms. The molecule has 0 saturated carbocycles. The molecular formula is C19H13F3O3S. The zero-order chi connectivity index (χ0) is 18.9. The first-order chi connectivity index (χ1) is 12.3. The molecule has 0 fully saturated rings. The second kappa shape index (κ2) is 6.84. The van der Waals surface area contributed by atoms with Crippen LogP contribution in [0.2, 0.25) is 0 Å². The third-order valence-corrected chi connectivity index (χ3v) is 5.64. The van der Waals surface area contributed by atoms with Crippen LogP contribution >= 0.6 is 0 Å². The van der Waals surface area contributed by atoms with Crippen LogP contribution in [-0.4, -0.2) is 15.5 Å². The van der Waals surface area contributed by atoms with E-state index in [0.717, 1.165) is 30.3 Å². The number of ether oxygens (including phenoxy) is 1. The fourth-order valence-corrected chi connectivity index (χ4v) is 3.96. The molecular weight excluding hydrogens is 365 g/mol. The molecule has 0 N–H and O–H groups in total. The molecule has 0 heterocycles. The van der Waals surface area contributed by atoms with Crippen LogP contribution in [0, 0.1) is 17.5 Å². The van der Waals surface area contributed by atoms with Gasteiger partial charge in [-0.15, -0.1) is 0 Å². The Kier molecular flexibility index (Phi) is 4.73. The third-order valence-electron chi connectivity index (χ3n) is 3.82. The second-order valence-electron chi connectivity index (χ2n) is 5.42. The van der Waals surface area contributed by atoms with Crippen molar-refractivity contribution in [1.82, 2.24) is 0 Å². The van der Waals surface area contributed by atoms with Crippen molar-refractivity contribution < 1.29 is 26.3 Å². The smallest absolute Gasteiger partial charge is 0.212 e. The molecule has 0 aliphatic carbocycles. The van der Waals surface area contributed by atoms with Crippen LogP contribution in [0.25, 0.3) is 11.1 Å². The highest BCUT2D eigenvalue weighted by atomic mass is 32.2. The highest BCUT2D eigenvalue weighted by Gasteiger charge is 2.25. The van der Waals surface area contributed by atoms with Crippen molar-refractivity contribution in [3.8, 4) is 16.9 Å². The van der Waals surface area contributed by atoms with Crippen LogP contribution in [0.1, 0.15) is 0 Å². The van der Waals surface area contributed by atoms with Crippen LogP contribution in [0.3, 0.4) is 0 Å². The summed E-state index contributed by atoms with van der Waals surface area (Å²) in [4.78, 5) is -1.28. The molecule has 0 spiro atoms. The summed E-state index contributed by atoms with van der Waals surface area (Å²) in [5.74, 6) is -2.29. The molecule has 0 radical (unpaired) electrons. The molecule has 0 unspecified atom stereocenters. The van der Waals surface area contributed by atoms with Gasteiger partial charge in [-0.25, -0.2) is 21.6 Å². The van der Waals surface area contributed by atoms with E-state index in [2.05, 4.69) is 0 Å². The molecule has 3 rings (SSSR count). The van der Waals surface area contributed by atoms with E-state index in [4.69, 9.17) is 4.74 Å². The quantitative estimate of drug-likeness (QED) is 0.666. The minimum Gasteiger partial charge on any atom is -0.496 e. The maximum absolute atomic E-state index is 14.5. The summed E-state index contributed by atoms with van der Waals surface area (Å²) >= 11 is 0. The average Bonchev–Trinajstić information content (AvgIpc) is 2.61. The first kappa shape index (κ1) is 18.0. The molecule has 134 valence electrons. The number of halogens is 3. The number of rotatable bonds is 4. The minimum atomic E-state index is -4.38. The molecule has 0 saturated heterocycles. The molecule has 0 aliphatic rings. The fourth-order valence-electron chi connectivity index (χ4n) is 2.57. The van der Waals surface area contributed by atoms with Crippen molar-refractivity contribution in [1.29, 1.82) is 0 Å². The van der Waals surface area contributed by atoms with Crippen molar-refractivity contribution in [3.05, 3.63) is 78.1 Å². The lowest BCUT2D eigenvalue weighted by atomic mass is 10.0. The number of sulfone groups is 1. The lowest BCUT2D eigenvalue weighted by Gasteiger charge is -2.11. The van der Waals surface area contributed by atoms with Gasteiger partial charge in [0.2, 0.25) is 9.84 Å². The maximum atomic E-state index is 14.5. The standard InChI is InChI=1S/C19H13F3O3S/c1-25-17-8-7-13(20)11-14(17)12-6-9-19(16(22)10-12)26(23,24)18-5-3-2-4-15(18)21/h2-11H,1H3. The number of benzene rings is 3. The fraction of sp³-hybridized carbons (Fsp3) is 0.0526. The first-order valence-corrected chi connectivity index (χ1v) is 8.96. The Morgan fingerprint density at radius 2 is 1.50 bits per heavy atom. The Balaban J connectivity index is 2.12. The van der Waals surface area contributed by atoms with Gasteiger partial charge in [-0.3, -0.25) is 0 Å². The Morgan fingerprint density at radius 3 is 2.15 bits per heavy atom. The van der Waals surface area contributed by atoms with Gasteiger partial charge in [-0.1, -0.05) is 18.2 Å². The summed E-state index contributed by atoms with van der Waals surface area (Å²) in [6.07, 6.45) is 0. The van der Waals surface area contributed by atoms with Gasteiger partial charge in [0.05, 0.1) is 7.11 Å². The monoisotopic (exact) mass is 378 g/mol. The van der Waals surface area contributed by atoms with E-state index in [-0.39, 0.29) is 11.1 Å². The summed E-state index contributed by atoms with van der Waals surface area (Å²) in [6.45, 7) is 0. The SMILES string of the molecule is COc1ccc(F)cc1-c1ccc(S(=O)(=O)c2ccccc2F)c(F)c1. The Bertz CT molecular complexity index is 1080. The van der Waals surface area contributed by atoms with E-state index >= 15 is 0 Å². The largest absolute Gasteiger partial charge is 0.496 e. The van der Waals surface area contributed by atoms with Gasteiger partial charge in [0.15, 0.2) is 0 Å². The molecule has 3 aromatic carbocycles. The van der Waals surface area contributed by atoms with E-state index in [1.54, 1.807) is 0 Å². The predicted molar refractivity (Wildman–Crippen MR) is 90.2 cm³/mol. The minimum absolute atomic E-state index is 0.228. The third kappa shape index (κ3) is 3.17. The van der Waals surface area contributed by atoms with Crippen LogP contribution < -0.4 is 4.74 Å². The summed E-state index contributed by atoms with van der Waals surface area (Å²) in [7, 11) is -3.00. The number of methoxy groups -OCH3 is 1. The van der Waals surface area contributed by atoms with Crippen molar-refractivity contribution >= 4 is 9.84 Å². The molecule has 3 nitrogen and oxygen atoms in total. The maximum Gasteiger partial charge on any atom is 0.212 e. The number of hydrogen-bond acceptors (Lipinski definition) is 3. The molecule has 0 aliphatic heterocycles. The zero-order valence-electron chi connectivity index (χ0n) is 13.5. The van der Waals surface area contributed by atoms with Gasteiger partial charge < -0.3 is 4.74 Å². The molecule has 3 aromatic rings. The van der Waals surface area contributed by atoms with Crippen LogP contribution in [0.4, 0.5) is 13.2 Å². The highest BCUT2D eigenvalue weighted by molar-refractivity contribution is 7.91. The van der Waals surface area contributed by atoms with Gasteiger partial charge in [-0.2, -0.15) is 0 Å². The van der Waals surface area contributed by atoms with Gasteiger partial charge in [0.1, 0.15) is 33.0 Å². The summed E-state index contributed by atoms with van der Waals surface area (Å²) in [5.41, 5.74) is 0.493. The second-order valence-corrected chi connectivity index (χ2v) is 7.31. The number of hydrogen-bond donors (Lipinski definition) is 0. The van der Waals surface area contributed by atoms with E-state index in [0.29, 0.717) is 5.75 Å². The Labute approximate surface area is 148 Å². The van der Waals surface area contributed by atoms with Gasteiger partial charge in [0.25, 0.3) is 0 Å². The first-order valence-electron chi connectivity index (χ1n) is 7.47. The zero-order valence-corrected chi connectivity index (χ0v) is 14.4. The molecule has 0 aromatic heterocycles. The van der Waals surface area contributed by atoms with Crippen LogP contribution in [-0.2, 0) is 9.84 Å². The van der Waals surface area contributed by atoms with Crippen molar-refractivity contribution in [3.63, 3.8) is 0 Å². The van der Waals surface area contributed by atoms with Gasteiger partial charge in [-0.05, 0) is 48.0 Å². The average molecular weight is 378 g/mol.